The van der Waals surface area contributed by atoms with Crippen LogP contribution in [0.5, 0.6) is 0 Å². The maximum atomic E-state index is 12.0. The van der Waals surface area contributed by atoms with Crippen LogP contribution in [-0.2, 0) is 19.4 Å². The van der Waals surface area contributed by atoms with Gasteiger partial charge in [0.15, 0.2) is 9.84 Å². The summed E-state index contributed by atoms with van der Waals surface area (Å²) in [7, 11) is -2.03. The van der Waals surface area contributed by atoms with Crippen LogP contribution in [0.15, 0.2) is 23.2 Å². The number of amides is 2. The number of imide groups is 1. The smallest absolute Gasteiger partial charge is 0.251 e. The minimum atomic E-state index is -3.44. The number of anilines is 1. The number of aromatic nitrogens is 1. The van der Waals surface area contributed by atoms with Gasteiger partial charge in [-0.05, 0) is 18.6 Å². The highest BCUT2D eigenvalue weighted by atomic mass is 32.2. The molecule has 1 saturated heterocycles. The number of carbonyl (C=O) groups is 2. The maximum Gasteiger partial charge on any atom is 0.251 e. The Labute approximate surface area is 116 Å². The highest BCUT2D eigenvalue weighted by molar-refractivity contribution is 7.90. The third-order valence-electron chi connectivity index (χ3n) is 3.13. The summed E-state index contributed by atoms with van der Waals surface area (Å²) < 4.78 is 23.3. The summed E-state index contributed by atoms with van der Waals surface area (Å²) in [6.45, 7) is 0. The molecule has 1 aromatic rings. The lowest BCUT2D eigenvalue weighted by Gasteiger charge is -2.28. The van der Waals surface area contributed by atoms with Gasteiger partial charge in [0.05, 0.1) is 0 Å². The number of piperidine rings is 1. The third-order valence-corrected chi connectivity index (χ3v) is 4.26. The van der Waals surface area contributed by atoms with Crippen LogP contribution < -0.4 is 5.32 Å². The maximum absolute atomic E-state index is 12.0. The predicted molar refractivity (Wildman–Crippen MR) is 71.8 cm³/mol. The highest BCUT2D eigenvalue weighted by Gasteiger charge is 2.32. The molecule has 8 heteroatoms. The van der Waals surface area contributed by atoms with Crippen molar-refractivity contribution in [2.24, 2.45) is 0 Å². The Morgan fingerprint density at radius 2 is 2.10 bits per heavy atom. The monoisotopic (exact) mass is 297 g/mol. The molecule has 20 heavy (non-hydrogen) atoms. The SMILES string of the molecule is CN1C(=O)CCC(Nc2ncccc2S(C)(=O)=O)C1=O. The normalized spacial score (nSPS) is 20.1. The van der Waals surface area contributed by atoms with Crippen molar-refractivity contribution in [3.63, 3.8) is 0 Å². The van der Waals surface area contributed by atoms with E-state index in [2.05, 4.69) is 10.3 Å². The second kappa shape index (κ2) is 5.20. The number of nitrogens with zero attached hydrogens (tertiary/aromatic N) is 2. The van der Waals surface area contributed by atoms with E-state index in [9.17, 15) is 18.0 Å². The van der Waals surface area contributed by atoms with Gasteiger partial charge in [-0.3, -0.25) is 14.5 Å². The average molecular weight is 297 g/mol. The van der Waals surface area contributed by atoms with Crippen molar-refractivity contribution in [2.75, 3.05) is 18.6 Å². The van der Waals surface area contributed by atoms with E-state index in [0.29, 0.717) is 6.42 Å². The van der Waals surface area contributed by atoms with Gasteiger partial charge < -0.3 is 5.32 Å². The minimum absolute atomic E-state index is 0.0346. The first-order valence-electron chi connectivity index (χ1n) is 6.02. The zero-order valence-electron chi connectivity index (χ0n) is 11.2. The molecule has 0 radical (unpaired) electrons. The van der Waals surface area contributed by atoms with Crippen LogP contribution >= 0.6 is 0 Å². The van der Waals surface area contributed by atoms with E-state index in [4.69, 9.17) is 0 Å². The molecule has 1 atom stereocenters. The second-order valence-electron chi connectivity index (χ2n) is 4.65. The molecule has 2 rings (SSSR count). The molecule has 1 aromatic heterocycles. The van der Waals surface area contributed by atoms with Crippen LogP contribution in [0.1, 0.15) is 12.8 Å². The molecule has 108 valence electrons. The molecule has 1 N–H and O–H groups in total. The van der Waals surface area contributed by atoms with Crippen LogP contribution in [0.25, 0.3) is 0 Å². The predicted octanol–water partition coefficient (Wildman–Crippen LogP) is 0.0444. The van der Waals surface area contributed by atoms with E-state index in [-0.39, 0.29) is 28.9 Å². The number of pyridine rings is 1. The van der Waals surface area contributed by atoms with Crippen LogP contribution in [0.3, 0.4) is 0 Å². The molecular formula is C12H15N3O4S. The Morgan fingerprint density at radius 3 is 2.75 bits per heavy atom. The lowest BCUT2D eigenvalue weighted by Crippen LogP contribution is -2.48. The molecule has 1 aliphatic heterocycles. The van der Waals surface area contributed by atoms with Crippen LogP contribution in [0.4, 0.5) is 5.82 Å². The molecule has 0 bridgehead atoms. The number of hydrogen-bond acceptors (Lipinski definition) is 6. The van der Waals surface area contributed by atoms with Crippen LogP contribution in [0, 0.1) is 0 Å². The van der Waals surface area contributed by atoms with Crippen LogP contribution in [-0.4, -0.2) is 49.5 Å². The van der Waals surface area contributed by atoms with Crippen molar-refractivity contribution in [3.05, 3.63) is 18.3 Å². The van der Waals surface area contributed by atoms with Crippen molar-refractivity contribution in [2.45, 2.75) is 23.8 Å². The molecule has 1 unspecified atom stereocenters. The Balaban J connectivity index is 2.28. The lowest BCUT2D eigenvalue weighted by molar-refractivity contribution is -0.146. The number of likely N-dealkylation sites (tertiary alicyclic amines) is 1. The highest BCUT2D eigenvalue weighted by Crippen LogP contribution is 2.21. The molecule has 0 spiro atoms. The molecule has 0 aromatic carbocycles. The Kier molecular flexibility index (Phi) is 3.76. The van der Waals surface area contributed by atoms with E-state index in [0.717, 1.165) is 11.2 Å². The van der Waals surface area contributed by atoms with Gasteiger partial charge in [0.1, 0.15) is 16.8 Å². The fourth-order valence-electron chi connectivity index (χ4n) is 2.01. The summed E-state index contributed by atoms with van der Waals surface area (Å²) >= 11 is 0. The van der Waals surface area contributed by atoms with E-state index in [1.165, 1.54) is 25.4 Å². The first-order valence-corrected chi connectivity index (χ1v) is 7.92. The van der Waals surface area contributed by atoms with E-state index in [1.54, 1.807) is 0 Å². The molecule has 0 aliphatic carbocycles. The number of carbonyl (C=O) groups excluding carboxylic acids is 2. The molecule has 7 nitrogen and oxygen atoms in total. The number of sulfone groups is 1. The summed E-state index contributed by atoms with van der Waals surface area (Å²) in [5.74, 6) is -0.486. The zero-order valence-corrected chi connectivity index (χ0v) is 12.0. The first-order chi connectivity index (χ1) is 9.30. The molecule has 2 heterocycles. The minimum Gasteiger partial charge on any atom is -0.357 e. The topological polar surface area (TPSA) is 96.4 Å². The fourth-order valence-corrected chi connectivity index (χ4v) is 2.80. The third kappa shape index (κ3) is 2.79. The number of hydrogen-bond donors (Lipinski definition) is 1. The standard InChI is InChI=1S/C12H15N3O4S/c1-15-10(16)6-5-8(12(15)17)14-11-9(20(2,18)19)4-3-7-13-11/h3-4,7-8H,5-6H2,1-2H3,(H,13,14). The van der Waals surface area contributed by atoms with Gasteiger partial charge in [0.25, 0.3) is 5.91 Å². The fraction of sp³-hybridized carbons (Fsp3) is 0.417. The van der Waals surface area contributed by atoms with Crippen molar-refractivity contribution in [1.82, 2.24) is 9.88 Å². The van der Waals surface area contributed by atoms with Gasteiger partial charge in [-0.2, -0.15) is 0 Å². The summed E-state index contributed by atoms with van der Waals surface area (Å²) in [4.78, 5) is 28.4. The van der Waals surface area contributed by atoms with Crippen molar-refractivity contribution in [1.29, 1.82) is 0 Å². The van der Waals surface area contributed by atoms with Gasteiger partial charge in [0, 0.05) is 25.9 Å². The summed E-state index contributed by atoms with van der Waals surface area (Å²) in [5, 5.41) is 2.82. The van der Waals surface area contributed by atoms with Crippen LogP contribution in [0.2, 0.25) is 0 Å². The van der Waals surface area contributed by atoms with E-state index >= 15 is 0 Å². The van der Waals surface area contributed by atoms with Crippen molar-refractivity contribution in [3.8, 4) is 0 Å². The van der Waals surface area contributed by atoms with E-state index in [1.807, 2.05) is 0 Å². The van der Waals surface area contributed by atoms with Gasteiger partial charge in [0.2, 0.25) is 5.91 Å². The van der Waals surface area contributed by atoms with Gasteiger partial charge in [-0.1, -0.05) is 0 Å². The summed E-state index contributed by atoms with van der Waals surface area (Å²) in [6, 6.07) is 2.29. The Bertz CT molecular complexity index is 656. The van der Waals surface area contributed by atoms with Gasteiger partial charge in [-0.25, -0.2) is 13.4 Å². The van der Waals surface area contributed by atoms with E-state index < -0.39 is 15.9 Å². The lowest BCUT2D eigenvalue weighted by atomic mass is 10.0. The second-order valence-corrected chi connectivity index (χ2v) is 6.63. The zero-order chi connectivity index (χ0) is 14.9. The van der Waals surface area contributed by atoms with Crippen molar-refractivity contribution < 1.29 is 18.0 Å². The molecule has 1 aliphatic rings. The summed E-state index contributed by atoms with van der Waals surface area (Å²) in [5.41, 5.74) is 0. The van der Waals surface area contributed by atoms with Crippen molar-refractivity contribution >= 4 is 27.5 Å². The molecular weight excluding hydrogens is 282 g/mol. The molecule has 1 fully saturated rings. The number of rotatable bonds is 3. The molecule has 2 amide bonds. The molecule has 0 saturated carbocycles. The van der Waals surface area contributed by atoms with Gasteiger partial charge >= 0.3 is 0 Å². The quantitative estimate of drug-likeness (QED) is 0.792. The largest absolute Gasteiger partial charge is 0.357 e. The Morgan fingerprint density at radius 1 is 1.40 bits per heavy atom. The number of nitrogens with one attached hydrogen (secondary N) is 1. The Hall–Kier alpha value is -1.96. The first kappa shape index (κ1) is 14.4. The number of likely N-dealkylation sites (N-methyl/N-ethyl adjacent to an activating group) is 1. The summed E-state index contributed by atoms with van der Waals surface area (Å²) in [6.07, 6.45) is 3.08. The average Bonchev–Trinajstić information content (AvgIpc) is 2.39. The van der Waals surface area contributed by atoms with Gasteiger partial charge in [-0.15, -0.1) is 0 Å².